The third-order valence-electron chi connectivity index (χ3n) is 6.68. The zero-order valence-electron chi connectivity index (χ0n) is 17.5. The Hall–Kier alpha value is -3.33. The van der Waals surface area contributed by atoms with E-state index in [2.05, 4.69) is 104 Å². The number of hydrogen-bond donors (Lipinski definition) is 0. The molecule has 6 rings (SSSR count). The van der Waals surface area contributed by atoms with Crippen molar-refractivity contribution in [3.63, 3.8) is 0 Å². The zero-order valence-corrected chi connectivity index (χ0v) is 17.5. The third kappa shape index (κ3) is 1.90. The Labute approximate surface area is 169 Å². The second-order valence-corrected chi connectivity index (χ2v) is 8.51. The molecule has 3 heteroatoms. The number of anilines is 1. The number of hydrogen-bond acceptors (Lipinski definition) is 1. The fourth-order valence-electron chi connectivity index (χ4n) is 5.19. The maximum atomic E-state index is 2.51. The van der Waals surface area contributed by atoms with Crippen molar-refractivity contribution in [2.45, 2.75) is 13.8 Å². The van der Waals surface area contributed by atoms with Gasteiger partial charge in [0.1, 0.15) is 7.05 Å². The highest BCUT2D eigenvalue weighted by molar-refractivity contribution is 6.27. The molecule has 0 bridgehead atoms. The summed E-state index contributed by atoms with van der Waals surface area (Å²) in [6, 6.07) is 18.0. The van der Waals surface area contributed by atoms with Gasteiger partial charge < -0.3 is 9.30 Å². The molecule has 0 aliphatic heterocycles. The van der Waals surface area contributed by atoms with Crippen molar-refractivity contribution < 1.29 is 4.57 Å². The van der Waals surface area contributed by atoms with Crippen molar-refractivity contribution in [2.75, 3.05) is 19.0 Å². The Morgan fingerprint density at radius 3 is 2.45 bits per heavy atom. The Morgan fingerprint density at radius 2 is 1.66 bits per heavy atom. The Morgan fingerprint density at radius 1 is 0.862 bits per heavy atom. The number of rotatable bonds is 1. The molecule has 0 aliphatic carbocycles. The lowest BCUT2D eigenvalue weighted by Gasteiger charge is -2.20. The third-order valence-corrected chi connectivity index (χ3v) is 6.68. The second kappa shape index (κ2) is 5.38. The van der Waals surface area contributed by atoms with E-state index in [1.807, 2.05) is 0 Å². The first-order valence-electron chi connectivity index (χ1n) is 10.2. The molecule has 0 saturated heterocycles. The van der Waals surface area contributed by atoms with Crippen LogP contribution in [-0.4, -0.2) is 18.5 Å². The number of fused-ring (bicyclic) bond motifs is 5. The molecule has 6 aromatic rings. The van der Waals surface area contributed by atoms with E-state index in [9.17, 15) is 0 Å². The van der Waals surface area contributed by atoms with Gasteiger partial charge in [0.05, 0.1) is 33.0 Å². The summed E-state index contributed by atoms with van der Waals surface area (Å²) in [6.07, 6.45) is 2.20. The summed E-state index contributed by atoms with van der Waals surface area (Å²) in [7, 11) is 6.45. The van der Waals surface area contributed by atoms with Crippen molar-refractivity contribution in [3.8, 4) is 0 Å². The van der Waals surface area contributed by atoms with Gasteiger partial charge >= 0.3 is 0 Å². The van der Waals surface area contributed by atoms with Gasteiger partial charge in [-0.25, -0.2) is 4.57 Å². The maximum absolute atomic E-state index is 2.51. The Bertz CT molecular complexity index is 1600. The number of benzene rings is 3. The highest BCUT2D eigenvalue weighted by Crippen LogP contribution is 2.43. The number of nitrogens with zero attached hydrogens (tertiary/aromatic N) is 3. The van der Waals surface area contributed by atoms with Crippen LogP contribution in [0.4, 0.5) is 5.69 Å². The van der Waals surface area contributed by atoms with Crippen LogP contribution in [-0.2, 0) is 7.05 Å². The van der Waals surface area contributed by atoms with Crippen LogP contribution in [0, 0.1) is 13.8 Å². The van der Waals surface area contributed by atoms with E-state index >= 15 is 0 Å². The van der Waals surface area contributed by atoms with Crippen LogP contribution < -0.4 is 9.47 Å². The first kappa shape index (κ1) is 16.6. The van der Waals surface area contributed by atoms with E-state index in [0.29, 0.717) is 0 Å². The van der Waals surface area contributed by atoms with E-state index in [4.69, 9.17) is 0 Å². The van der Waals surface area contributed by atoms with Gasteiger partial charge in [0.25, 0.3) is 0 Å². The fourth-order valence-corrected chi connectivity index (χ4v) is 5.19. The predicted molar refractivity (Wildman–Crippen MR) is 124 cm³/mol. The summed E-state index contributed by atoms with van der Waals surface area (Å²) in [4.78, 5) is 2.23. The molecule has 29 heavy (non-hydrogen) atoms. The highest BCUT2D eigenvalue weighted by Gasteiger charge is 2.26. The predicted octanol–water partition coefficient (Wildman–Crippen LogP) is 5.50. The first-order chi connectivity index (χ1) is 14.0. The minimum atomic E-state index is 1.25. The largest absolute Gasteiger partial charge is 0.376 e. The van der Waals surface area contributed by atoms with Gasteiger partial charge in [0, 0.05) is 30.9 Å². The molecule has 0 fully saturated rings. The fraction of sp³-hybridized carbons (Fsp3) is 0.192. The van der Waals surface area contributed by atoms with Gasteiger partial charge in [-0.1, -0.05) is 24.3 Å². The monoisotopic (exact) mass is 378 g/mol. The Balaban J connectivity index is 2.16. The first-order valence-corrected chi connectivity index (χ1v) is 10.2. The molecule has 0 spiro atoms. The molecule has 3 aromatic heterocycles. The van der Waals surface area contributed by atoms with E-state index in [-0.39, 0.29) is 0 Å². The molecule has 3 aromatic carbocycles. The molecule has 0 unspecified atom stereocenters. The van der Waals surface area contributed by atoms with Gasteiger partial charge in [-0.3, -0.25) is 0 Å². The molecule has 3 nitrogen and oxygen atoms in total. The van der Waals surface area contributed by atoms with Crippen LogP contribution in [0.3, 0.4) is 0 Å². The Kier molecular flexibility index (Phi) is 3.08. The maximum Gasteiger partial charge on any atom is 0.224 e. The molecule has 3 heterocycles. The smallest absolute Gasteiger partial charge is 0.224 e. The van der Waals surface area contributed by atoms with E-state index in [0.717, 1.165) is 0 Å². The van der Waals surface area contributed by atoms with Crippen LogP contribution in [0.1, 0.15) is 11.1 Å². The van der Waals surface area contributed by atoms with Crippen LogP contribution >= 0.6 is 0 Å². The SMILES string of the molecule is Cc1cc2c3ccccc3n3c4c(N(C)C)ccc5cc[n+](C)c(c(c1C)c23)c54. The second-order valence-electron chi connectivity index (χ2n) is 8.51. The van der Waals surface area contributed by atoms with Crippen molar-refractivity contribution >= 4 is 54.7 Å². The molecule has 0 amide bonds. The van der Waals surface area contributed by atoms with Gasteiger partial charge in [-0.05, 0) is 48.6 Å². The molecule has 0 radical (unpaired) electrons. The molecule has 0 aliphatic rings. The normalized spacial score (nSPS) is 12.3. The average molecular weight is 378 g/mol. The lowest BCUT2D eigenvalue weighted by Crippen LogP contribution is -2.29. The zero-order chi connectivity index (χ0) is 20.0. The number of pyridine rings is 2. The van der Waals surface area contributed by atoms with Crippen molar-refractivity contribution in [3.05, 3.63) is 65.9 Å². The summed E-state index contributed by atoms with van der Waals surface area (Å²) in [5, 5.41) is 6.66. The molecule has 142 valence electrons. The highest BCUT2D eigenvalue weighted by atomic mass is 15.1. The van der Waals surface area contributed by atoms with Crippen LogP contribution in [0.25, 0.3) is 49.0 Å². The van der Waals surface area contributed by atoms with E-state index in [1.54, 1.807) is 0 Å². The molecule has 0 saturated carbocycles. The van der Waals surface area contributed by atoms with Crippen molar-refractivity contribution in [2.24, 2.45) is 7.05 Å². The number of aromatic nitrogens is 2. The van der Waals surface area contributed by atoms with Crippen LogP contribution in [0.2, 0.25) is 0 Å². The van der Waals surface area contributed by atoms with Crippen molar-refractivity contribution in [1.29, 1.82) is 0 Å². The van der Waals surface area contributed by atoms with E-state index in [1.165, 1.54) is 65.8 Å². The minimum absolute atomic E-state index is 1.25. The summed E-state index contributed by atoms with van der Waals surface area (Å²) < 4.78 is 4.81. The van der Waals surface area contributed by atoms with Gasteiger partial charge in [-0.2, -0.15) is 0 Å². The van der Waals surface area contributed by atoms with Gasteiger partial charge in [-0.15, -0.1) is 0 Å². The summed E-state index contributed by atoms with van der Waals surface area (Å²) in [5.74, 6) is 0. The number of aryl methyl sites for hydroxylation is 3. The standard InChI is InChI=1S/C26H24N3/c1-15-14-19-18-8-6-7-9-20(18)29-24(19)22(16(15)2)26-23-17(12-13-28(26)5)10-11-21(25(23)29)27(3)4/h6-14H,1-5H3/q+1. The van der Waals surface area contributed by atoms with E-state index < -0.39 is 0 Å². The lowest BCUT2D eigenvalue weighted by molar-refractivity contribution is -0.643. The van der Waals surface area contributed by atoms with Crippen LogP contribution in [0.5, 0.6) is 0 Å². The quantitative estimate of drug-likeness (QED) is 0.209. The minimum Gasteiger partial charge on any atom is -0.376 e. The molecule has 0 atom stereocenters. The average Bonchev–Trinajstić information content (AvgIpc) is 3.03. The summed E-state index contributed by atoms with van der Waals surface area (Å²) >= 11 is 0. The van der Waals surface area contributed by atoms with Crippen molar-refractivity contribution in [1.82, 2.24) is 4.40 Å². The van der Waals surface area contributed by atoms with Gasteiger partial charge in [0.2, 0.25) is 5.52 Å². The topological polar surface area (TPSA) is 11.5 Å². The summed E-state index contributed by atoms with van der Waals surface area (Å²) in [6.45, 7) is 4.51. The van der Waals surface area contributed by atoms with Crippen LogP contribution in [0.15, 0.2) is 54.7 Å². The molecule has 0 N–H and O–H groups in total. The number of para-hydroxylation sites is 1. The molecular formula is C26H24N3+. The lowest BCUT2D eigenvalue weighted by atomic mass is 9.96. The summed E-state index contributed by atoms with van der Waals surface area (Å²) in [5.41, 5.74) is 9.19. The molecular weight excluding hydrogens is 354 g/mol. The van der Waals surface area contributed by atoms with Gasteiger partial charge in [0.15, 0.2) is 6.20 Å².